The summed E-state index contributed by atoms with van der Waals surface area (Å²) in [5, 5.41) is 7.89. The van der Waals surface area contributed by atoms with E-state index < -0.39 is 0 Å². The van der Waals surface area contributed by atoms with Crippen molar-refractivity contribution < 1.29 is 9.53 Å². The summed E-state index contributed by atoms with van der Waals surface area (Å²) in [6.45, 7) is 7.50. The predicted molar refractivity (Wildman–Crippen MR) is 118 cm³/mol. The van der Waals surface area contributed by atoms with E-state index in [1.165, 1.54) is 0 Å². The van der Waals surface area contributed by atoms with Crippen LogP contribution in [0.25, 0.3) is 0 Å². The molecule has 1 amide bonds. The van der Waals surface area contributed by atoms with Gasteiger partial charge in [0, 0.05) is 22.8 Å². The summed E-state index contributed by atoms with van der Waals surface area (Å²) in [4.78, 5) is 16.8. The number of nitrogens with zero attached hydrogens (tertiary/aromatic N) is 3. The molecule has 0 aliphatic carbocycles. The molecule has 0 spiro atoms. The molecule has 30 heavy (non-hydrogen) atoms. The summed E-state index contributed by atoms with van der Waals surface area (Å²) in [7, 11) is 0. The smallest absolute Gasteiger partial charge is 0.276 e. The zero-order valence-electron chi connectivity index (χ0n) is 17.4. The van der Waals surface area contributed by atoms with Gasteiger partial charge in [-0.3, -0.25) is 14.5 Å². The molecule has 0 fully saturated rings. The van der Waals surface area contributed by atoms with E-state index in [0.717, 1.165) is 22.7 Å². The molecule has 0 bridgehead atoms. The molecule has 158 valence electrons. The minimum absolute atomic E-state index is 0.304. The fourth-order valence-electron chi connectivity index (χ4n) is 2.83. The van der Waals surface area contributed by atoms with E-state index in [2.05, 4.69) is 29.2 Å². The van der Waals surface area contributed by atoms with Crippen LogP contribution in [0, 0.1) is 12.8 Å². The molecule has 2 aromatic heterocycles. The zero-order chi connectivity index (χ0) is 21.7. The normalized spacial score (nSPS) is 11.0. The Kier molecular flexibility index (Phi) is 7.07. The lowest BCUT2D eigenvalue weighted by molar-refractivity contribution is 0.102. The van der Waals surface area contributed by atoms with E-state index in [1.54, 1.807) is 35.1 Å². The Balaban J connectivity index is 1.76. The number of carbonyl (C=O) groups excluding carboxylic acids is 1. The number of aromatic nitrogens is 3. The van der Waals surface area contributed by atoms with Gasteiger partial charge >= 0.3 is 0 Å². The molecule has 0 aliphatic heterocycles. The van der Waals surface area contributed by atoms with Crippen LogP contribution in [0.15, 0.2) is 42.6 Å². The number of halogens is 1. The molecule has 0 unspecified atom stereocenters. The van der Waals surface area contributed by atoms with Crippen molar-refractivity contribution in [3.63, 3.8) is 0 Å². The largest absolute Gasteiger partial charge is 0.493 e. The van der Waals surface area contributed by atoms with Crippen molar-refractivity contribution in [3.05, 3.63) is 70.3 Å². The van der Waals surface area contributed by atoms with Crippen LogP contribution in [0.1, 0.15) is 41.3 Å². The molecule has 0 aliphatic rings. The number of anilines is 1. The molecule has 8 heteroatoms. The number of amides is 1. The number of ether oxygens (including phenoxy) is 1. The van der Waals surface area contributed by atoms with Crippen LogP contribution < -0.4 is 15.8 Å². The molecular weight excluding hydrogens is 402 g/mol. The fraction of sp³-hybridized carbons (Fsp3) is 0.318. The lowest BCUT2D eigenvalue weighted by Gasteiger charge is -2.14. The number of carbonyl (C=O) groups is 1. The number of hydrogen-bond donors (Lipinski definition) is 2. The highest BCUT2D eigenvalue weighted by atomic mass is 35.5. The van der Waals surface area contributed by atoms with Gasteiger partial charge in [0.15, 0.2) is 5.69 Å². The third-order valence-corrected chi connectivity index (χ3v) is 4.66. The van der Waals surface area contributed by atoms with Crippen LogP contribution in [0.3, 0.4) is 0 Å². The first kappa shape index (κ1) is 21.8. The van der Waals surface area contributed by atoms with E-state index >= 15 is 0 Å². The second-order valence-electron chi connectivity index (χ2n) is 7.48. The minimum Gasteiger partial charge on any atom is -0.493 e. The average Bonchev–Trinajstić information content (AvgIpc) is 3.08. The number of hydrogen-bond acceptors (Lipinski definition) is 5. The first-order chi connectivity index (χ1) is 14.4. The summed E-state index contributed by atoms with van der Waals surface area (Å²) in [5.41, 5.74) is 8.97. The Morgan fingerprint density at radius 3 is 2.73 bits per heavy atom. The molecule has 3 N–H and O–H groups in total. The maximum absolute atomic E-state index is 12.6. The molecular formula is C22H26ClN5O2. The summed E-state index contributed by atoms with van der Waals surface area (Å²) < 4.78 is 7.69. The fourth-order valence-corrected chi connectivity index (χ4v) is 3.02. The summed E-state index contributed by atoms with van der Waals surface area (Å²) in [5.74, 6) is 0.866. The van der Waals surface area contributed by atoms with Crippen LogP contribution in [0.2, 0.25) is 5.02 Å². The van der Waals surface area contributed by atoms with Gasteiger partial charge in [0.2, 0.25) is 0 Å². The summed E-state index contributed by atoms with van der Waals surface area (Å²) in [6, 6.07) is 10.8. The van der Waals surface area contributed by atoms with E-state index in [4.69, 9.17) is 22.1 Å². The Labute approximate surface area is 181 Å². The van der Waals surface area contributed by atoms with Gasteiger partial charge in [-0.2, -0.15) is 5.10 Å². The van der Waals surface area contributed by atoms with Gasteiger partial charge in [0.1, 0.15) is 5.75 Å². The monoisotopic (exact) mass is 427 g/mol. The van der Waals surface area contributed by atoms with Crippen molar-refractivity contribution in [2.24, 2.45) is 11.7 Å². The molecule has 3 rings (SSSR count). The van der Waals surface area contributed by atoms with Crippen LogP contribution >= 0.6 is 11.6 Å². The molecule has 0 radical (unpaired) electrons. The van der Waals surface area contributed by atoms with Gasteiger partial charge in [0.05, 0.1) is 30.7 Å². The number of aryl methyl sites for hydroxylation is 1. The van der Waals surface area contributed by atoms with Crippen LogP contribution in [-0.2, 0) is 13.1 Å². The van der Waals surface area contributed by atoms with Gasteiger partial charge in [-0.25, -0.2) is 0 Å². The van der Waals surface area contributed by atoms with E-state index in [0.29, 0.717) is 42.0 Å². The van der Waals surface area contributed by atoms with Crippen LogP contribution in [0.5, 0.6) is 5.75 Å². The van der Waals surface area contributed by atoms with E-state index in [-0.39, 0.29) is 5.91 Å². The third kappa shape index (κ3) is 5.58. The van der Waals surface area contributed by atoms with Crippen molar-refractivity contribution in [1.82, 2.24) is 14.8 Å². The molecule has 2 heterocycles. The van der Waals surface area contributed by atoms with E-state index in [9.17, 15) is 4.79 Å². The van der Waals surface area contributed by atoms with Crippen molar-refractivity contribution in [2.75, 3.05) is 11.9 Å². The Hall–Kier alpha value is -2.90. The van der Waals surface area contributed by atoms with Crippen molar-refractivity contribution in [3.8, 4) is 5.75 Å². The molecule has 3 aromatic rings. The standard InChI is InChI=1S/C22H26ClN5O2/c1-14(2)13-30-21-7-4-17(23)9-16(21)12-28-15(3)8-20(27-28)22(29)26-19-6-5-18(10-24)25-11-19/h4-9,11,14H,10,12-13,24H2,1-3H3,(H,26,29). The van der Waals surface area contributed by atoms with E-state index in [1.807, 2.05) is 19.1 Å². The maximum atomic E-state index is 12.6. The average molecular weight is 428 g/mol. The molecule has 0 atom stereocenters. The van der Waals surface area contributed by atoms with Gasteiger partial charge < -0.3 is 15.8 Å². The topological polar surface area (TPSA) is 95.1 Å². The lowest BCUT2D eigenvalue weighted by Crippen LogP contribution is -2.14. The number of pyridine rings is 1. The highest BCUT2D eigenvalue weighted by Crippen LogP contribution is 2.25. The molecule has 7 nitrogen and oxygen atoms in total. The van der Waals surface area contributed by atoms with Gasteiger partial charge in [-0.05, 0) is 49.2 Å². The number of benzene rings is 1. The first-order valence-corrected chi connectivity index (χ1v) is 10.2. The molecule has 1 aromatic carbocycles. The Morgan fingerprint density at radius 1 is 1.27 bits per heavy atom. The third-order valence-electron chi connectivity index (χ3n) is 4.42. The highest BCUT2D eigenvalue weighted by molar-refractivity contribution is 6.30. The SMILES string of the molecule is Cc1cc(C(=O)Nc2ccc(CN)nc2)nn1Cc1cc(Cl)ccc1OCC(C)C. The molecule has 0 saturated carbocycles. The van der Waals surface area contributed by atoms with Crippen molar-refractivity contribution >= 4 is 23.2 Å². The Morgan fingerprint density at radius 2 is 2.07 bits per heavy atom. The summed E-state index contributed by atoms with van der Waals surface area (Å²) >= 11 is 6.19. The van der Waals surface area contributed by atoms with Crippen molar-refractivity contribution in [2.45, 2.75) is 33.9 Å². The van der Waals surface area contributed by atoms with Gasteiger partial charge in [0.25, 0.3) is 5.91 Å². The molecule has 0 saturated heterocycles. The second-order valence-corrected chi connectivity index (χ2v) is 7.92. The minimum atomic E-state index is -0.304. The quantitative estimate of drug-likeness (QED) is 0.565. The number of nitrogens with one attached hydrogen (secondary N) is 1. The predicted octanol–water partition coefficient (Wildman–Crippen LogP) is 4.03. The first-order valence-electron chi connectivity index (χ1n) is 9.77. The van der Waals surface area contributed by atoms with Crippen LogP contribution in [0.4, 0.5) is 5.69 Å². The zero-order valence-corrected chi connectivity index (χ0v) is 18.1. The second kappa shape index (κ2) is 9.73. The van der Waals surface area contributed by atoms with Gasteiger partial charge in [-0.15, -0.1) is 0 Å². The van der Waals surface area contributed by atoms with Crippen LogP contribution in [-0.4, -0.2) is 27.3 Å². The number of nitrogens with two attached hydrogens (primary N) is 1. The van der Waals surface area contributed by atoms with Crippen molar-refractivity contribution in [1.29, 1.82) is 0 Å². The number of rotatable bonds is 8. The van der Waals surface area contributed by atoms with Gasteiger partial charge in [-0.1, -0.05) is 25.4 Å². The highest BCUT2D eigenvalue weighted by Gasteiger charge is 2.15. The Bertz CT molecular complexity index is 1010. The summed E-state index contributed by atoms with van der Waals surface area (Å²) in [6.07, 6.45) is 1.58. The maximum Gasteiger partial charge on any atom is 0.276 e. The lowest BCUT2D eigenvalue weighted by atomic mass is 10.2.